The fraction of sp³-hybridized carbons (Fsp3) is 0.250. The van der Waals surface area contributed by atoms with E-state index in [9.17, 15) is 4.79 Å². The predicted molar refractivity (Wildman–Crippen MR) is 114 cm³/mol. The number of halogens is 1. The molecular formula is C20H21BrN4OS. The van der Waals surface area contributed by atoms with Crippen molar-refractivity contribution < 1.29 is 4.79 Å². The van der Waals surface area contributed by atoms with Crippen LogP contribution in [0.1, 0.15) is 23.9 Å². The van der Waals surface area contributed by atoms with Crippen LogP contribution < -0.4 is 5.32 Å². The number of benzene rings is 2. The molecule has 0 saturated carbocycles. The van der Waals surface area contributed by atoms with Gasteiger partial charge in [0.1, 0.15) is 5.82 Å². The van der Waals surface area contributed by atoms with Crippen LogP contribution in [-0.4, -0.2) is 26.4 Å². The van der Waals surface area contributed by atoms with Crippen molar-refractivity contribution in [2.45, 2.75) is 32.3 Å². The Morgan fingerprint density at radius 3 is 2.56 bits per heavy atom. The molecule has 0 unspecified atom stereocenters. The summed E-state index contributed by atoms with van der Waals surface area (Å²) in [4.78, 5) is 12.4. The van der Waals surface area contributed by atoms with E-state index in [2.05, 4.69) is 62.6 Å². The van der Waals surface area contributed by atoms with Crippen molar-refractivity contribution in [1.82, 2.24) is 14.8 Å². The second-order valence-corrected chi connectivity index (χ2v) is 8.04. The molecule has 27 heavy (non-hydrogen) atoms. The molecule has 0 fully saturated rings. The minimum absolute atomic E-state index is 0.0704. The van der Waals surface area contributed by atoms with Crippen LogP contribution in [0.4, 0.5) is 5.69 Å². The van der Waals surface area contributed by atoms with Crippen LogP contribution in [0.5, 0.6) is 0 Å². The monoisotopic (exact) mass is 444 g/mol. The van der Waals surface area contributed by atoms with Gasteiger partial charge in [-0.05, 0) is 61.7 Å². The van der Waals surface area contributed by atoms with E-state index in [1.807, 2.05) is 36.6 Å². The summed E-state index contributed by atoms with van der Waals surface area (Å²) >= 11 is 4.81. The van der Waals surface area contributed by atoms with E-state index < -0.39 is 0 Å². The van der Waals surface area contributed by atoms with Gasteiger partial charge in [0.25, 0.3) is 0 Å². The van der Waals surface area contributed by atoms with Gasteiger partial charge in [-0.2, -0.15) is 0 Å². The molecule has 3 aromatic rings. The molecule has 140 valence electrons. The van der Waals surface area contributed by atoms with Gasteiger partial charge in [-0.3, -0.25) is 9.36 Å². The van der Waals surface area contributed by atoms with Crippen LogP contribution in [0.25, 0.3) is 5.69 Å². The van der Waals surface area contributed by atoms with Gasteiger partial charge < -0.3 is 5.32 Å². The number of carbonyl (C=O) groups is 1. The lowest BCUT2D eigenvalue weighted by Gasteiger charge is -2.10. The third kappa shape index (κ3) is 4.78. The first kappa shape index (κ1) is 19.6. The van der Waals surface area contributed by atoms with Crippen molar-refractivity contribution in [1.29, 1.82) is 0 Å². The Labute approximate surface area is 171 Å². The number of anilines is 1. The molecule has 1 amide bonds. The fourth-order valence-electron chi connectivity index (χ4n) is 2.70. The highest BCUT2D eigenvalue weighted by molar-refractivity contribution is 9.10. The molecule has 7 heteroatoms. The highest BCUT2D eigenvalue weighted by Gasteiger charge is 2.14. The van der Waals surface area contributed by atoms with Crippen molar-refractivity contribution in [2.24, 2.45) is 0 Å². The molecule has 0 radical (unpaired) electrons. The van der Waals surface area contributed by atoms with E-state index in [1.165, 1.54) is 17.3 Å². The number of amides is 1. The van der Waals surface area contributed by atoms with Crippen LogP contribution in [0, 0.1) is 13.8 Å². The molecule has 0 aliphatic heterocycles. The van der Waals surface area contributed by atoms with Crippen molar-refractivity contribution in [2.75, 3.05) is 11.1 Å². The number of hydrogen-bond acceptors (Lipinski definition) is 4. The van der Waals surface area contributed by atoms with E-state index in [-0.39, 0.29) is 11.7 Å². The summed E-state index contributed by atoms with van der Waals surface area (Å²) in [6, 6.07) is 14.1. The smallest absolute Gasteiger partial charge is 0.234 e. The summed E-state index contributed by atoms with van der Waals surface area (Å²) < 4.78 is 2.97. The first-order valence-corrected chi connectivity index (χ1v) is 10.5. The van der Waals surface area contributed by atoms with Crippen molar-refractivity contribution in [3.05, 3.63) is 63.9 Å². The first-order chi connectivity index (χ1) is 13.0. The summed E-state index contributed by atoms with van der Waals surface area (Å²) in [5.41, 5.74) is 4.11. The minimum Gasteiger partial charge on any atom is -0.325 e. The van der Waals surface area contributed by atoms with E-state index in [0.717, 1.165) is 33.7 Å². The number of thioether (sulfide) groups is 1. The number of aromatic nitrogens is 3. The molecule has 3 rings (SSSR count). The largest absolute Gasteiger partial charge is 0.325 e. The van der Waals surface area contributed by atoms with Crippen LogP contribution in [0.15, 0.2) is 52.1 Å². The molecule has 5 nitrogen and oxygen atoms in total. The third-order valence-corrected chi connectivity index (χ3v) is 5.62. The third-order valence-electron chi connectivity index (χ3n) is 4.19. The second kappa shape index (κ2) is 8.71. The highest BCUT2D eigenvalue weighted by atomic mass is 79.9. The zero-order valence-electron chi connectivity index (χ0n) is 15.5. The van der Waals surface area contributed by atoms with E-state index in [1.54, 1.807) is 0 Å². The van der Waals surface area contributed by atoms with E-state index >= 15 is 0 Å². The normalized spacial score (nSPS) is 10.8. The Bertz CT molecular complexity index is 953. The van der Waals surface area contributed by atoms with Gasteiger partial charge in [0, 0.05) is 15.8 Å². The summed E-state index contributed by atoms with van der Waals surface area (Å²) in [5, 5.41) is 12.1. The number of aryl methyl sites for hydroxylation is 3. The topological polar surface area (TPSA) is 59.8 Å². The number of nitrogens with one attached hydrogen (secondary N) is 1. The standard InChI is InChI=1S/C20H21BrN4OS/c1-4-15-5-8-17(9-6-15)25-14(3)23-24-20(25)27-12-19(26)22-18-10-7-16(21)11-13(18)2/h5-11H,4,12H2,1-3H3,(H,22,26). The summed E-state index contributed by atoms with van der Waals surface area (Å²) in [6.45, 7) is 6.01. The maximum Gasteiger partial charge on any atom is 0.234 e. The van der Waals surface area contributed by atoms with Gasteiger partial charge in [-0.15, -0.1) is 10.2 Å². The second-order valence-electron chi connectivity index (χ2n) is 6.18. The quantitative estimate of drug-likeness (QED) is 0.546. The summed E-state index contributed by atoms with van der Waals surface area (Å²) in [7, 11) is 0. The lowest BCUT2D eigenvalue weighted by Crippen LogP contribution is -2.15. The van der Waals surface area contributed by atoms with Crippen molar-refractivity contribution in [3.8, 4) is 5.69 Å². The highest BCUT2D eigenvalue weighted by Crippen LogP contribution is 2.24. The summed E-state index contributed by atoms with van der Waals surface area (Å²) in [6.07, 6.45) is 0.999. The Balaban J connectivity index is 1.70. The maximum atomic E-state index is 12.4. The van der Waals surface area contributed by atoms with E-state index in [0.29, 0.717) is 5.16 Å². The average molecular weight is 445 g/mol. The first-order valence-electron chi connectivity index (χ1n) is 8.68. The molecule has 2 aromatic carbocycles. The molecule has 1 N–H and O–H groups in total. The summed E-state index contributed by atoms with van der Waals surface area (Å²) in [5.74, 6) is 0.991. The lowest BCUT2D eigenvalue weighted by molar-refractivity contribution is -0.113. The molecule has 0 saturated heterocycles. The molecule has 0 bridgehead atoms. The molecule has 0 aliphatic carbocycles. The lowest BCUT2D eigenvalue weighted by atomic mass is 10.1. The number of rotatable bonds is 6. The van der Waals surface area contributed by atoms with Crippen LogP contribution in [-0.2, 0) is 11.2 Å². The molecule has 0 spiro atoms. The Morgan fingerprint density at radius 2 is 1.89 bits per heavy atom. The zero-order valence-corrected chi connectivity index (χ0v) is 17.9. The van der Waals surface area contributed by atoms with Crippen LogP contribution in [0.3, 0.4) is 0 Å². The number of hydrogen-bond donors (Lipinski definition) is 1. The van der Waals surface area contributed by atoms with Gasteiger partial charge >= 0.3 is 0 Å². The number of nitrogens with zero attached hydrogens (tertiary/aromatic N) is 3. The van der Waals surface area contributed by atoms with Gasteiger partial charge in [-0.1, -0.05) is 46.7 Å². The maximum absolute atomic E-state index is 12.4. The predicted octanol–water partition coefficient (Wildman–Crippen LogP) is 4.94. The molecule has 1 aromatic heterocycles. The SMILES string of the molecule is CCc1ccc(-n2c(C)nnc2SCC(=O)Nc2ccc(Br)cc2C)cc1. The molecule has 0 atom stereocenters. The van der Waals surface area contributed by atoms with Gasteiger partial charge in [-0.25, -0.2) is 0 Å². The Morgan fingerprint density at radius 1 is 1.15 bits per heavy atom. The number of carbonyl (C=O) groups excluding carboxylic acids is 1. The van der Waals surface area contributed by atoms with Crippen molar-refractivity contribution >= 4 is 39.3 Å². The Kier molecular flexibility index (Phi) is 6.34. The van der Waals surface area contributed by atoms with Gasteiger partial charge in [0.05, 0.1) is 5.75 Å². The molecule has 0 aliphatic rings. The molecule has 1 heterocycles. The molecular weight excluding hydrogens is 424 g/mol. The van der Waals surface area contributed by atoms with Crippen LogP contribution in [0.2, 0.25) is 0 Å². The fourth-order valence-corrected chi connectivity index (χ4v) is 3.97. The van der Waals surface area contributed by atoms with Gasteiger partial charge in [0.2, 0.25) is 5.91 Å². The van der Waals surface area contributed by atoms with Crippen LogP contribution >= 0.6 is 27.7 Å². The average Bonchev–Trinajstić information content (AvgIpc) is 3.03. The van der Waals surface area contributed by atoms with E-state index in [4.69, 9.17) is 0 Å². The van der Waals surface area contributed by atoms with Crippen molar-refractivity contribution in [3.63, 3.8) is 0 Å². The van der Waals surface area contributed by atoms with Gasteiger partial charge in [0.15, 0.2) is 5.16 Å². The minimum atomic E-state index is -0.0704. The zero-order chi connectivity index (χ0) is 19.4. The Hall–Kier alpha value is -2.12.